The van der Waals surface area contributed by atoms with Crippen LogP contribution in [-0.2, 0) is 4.74 Å². The molecule has 0 bridgehead atoms. The van der Waals surface area contributed by atoms with Crippen molar-refractivity contribution < 1.29 is 4.74 Å². The molecule has 0 amide bonds. The molecule has 1 aliphatic heterocycles. The van der Waals surface area contributed by atoms with Crippen molar-refractivity contribution in [2.75, 3.05) is 42.7 Å². The Kier molecular flexibility index (Phi) is 3.01. The van der Waals surface area contributed by atoms with Gasteiger partial charge < -0.3 is 21.1 Å². The molecule has 0 aliphatic carbocycles. The first-order valence-corrected chi connectivity index (χ1v) is 7.43. The molecular weight excluding hydrogens is 276 g/mol. The SMILES string of the molecule is Nc1ccc2c(c1)nc(N1CCOCC1)c1cc(N)ccc12. The number of aromatic nitrogens is 1. The Bertz CT molecular complexity index is 856. The van der Waals surface area contributed by atoms with E-state index in [2.05, 4.69) is 11.0 Å². The number of nitrogen functional groups attached to an aromatic ring is 2. The first-order valence-electron chi connectivity index (χ1n) is 7.43. The predicted octanol–water partition coefficient (Wildman–Crippen LogP) is 2.39. The highest BCUT2D eigenvalue weighted by molar-refractivity contribution is 6.11. The number of hydrogen-bond acceptors (Lipinski definition) is 5. The van der Waals surface area contributed by atoms with E-state index in [1.54, 1.807) is 0 Å². The van der Waals surface area contributed by atoms with Crippen molar-refractivity contribution in [2.24, 2.45) is 0 Å². The van der Waals surface area contributed by atoms with E-state index in [0.717, 1.165) is 65.2 Å². The van der Waals surface area contributed by atoms with Crippen molar-refractivity contribution in [2.45, 2.75) is 0 Å². The van der Waals surface area contributed by atoms with Crippen LogP contribution in [0.1, 0.15) is 0 Å². The summed E-state index contributed by atoms with van der Waals surface area (Å²) < 4.78 is 5.45. The molecule has 1 fully saturated rings. The third kappa shape index (κ3) is 2.10. The first kappa shape index (κ1) is 13.2. The van der Waals surface area contributed by atoms with E-state index in [1.165, 1.54) is 0 Å². The lowest BCUT2D eigenvalue weighted by Crippen LogP contribution is -2.36. The van der Waals surface area contributed by atoms with E-state index < -0.39 is 0 Å². The number of benzene rings is 2. The molecule has 5 heteroatoms. The maximum atomic E-state index is 6.00. The molecule has 0 unspecified atom stereocenters. The second-order valence-corrected chi connectivity index (χ2v) is 5.62. The molecule has 4 N–H and O–H groups in total. The minimum absolute atomic E-state index is 0.723. The molecular formula is C17H18N4O. The first-order chi connectivity index (χ1) is 10.7. The molecule has 5 nitrogen and oxygen atoms in total. The van der Waals surface area contributed by atoms with Crippen LogP contribution in [0.4, 0.5) is 17.2 Å². The number of hydrogen-bond donors (Lipinski definition) is 2. The highest BCUT2D eigenvalue weighted by Gasteiger charge is 2.17. The molecule has 4 rings (SSSR count). The smallest absolute Gasteiger partial charge is 0.137 e. The lowest BCUT2D eigenvalue weighted by molar-refractivity contribution is 0.122. The Morgan fingerprint density at radius 1 is 0.864 bits per heavy atom. The number of anilines is 3. The highest BCUT2D eigenvalue weighted by atomic mass is 16.5. The minimum Gasteiger partial charge on any atom is -0.399 e. The van der Waals surface area contributed by atoms with Gasteiger partial charge in [0.1, 0.15) is 5.82 Å². The van der Waals surface area contributed by atoms with Crippen LogP contribution in [0.3, 0.4) is 0 Å². The second-order valence-electron chi connectivity index (χ2n) is 5.62. The van der Waals surface area contributed by atoms with Crippen LogP contribution in [0, 0.1) is 0 Å². The summed E-state index contributed by atoms with van der Waals surface area (Å²) in [4.78, 5) is 7.12. The molecule has 3 aromatic rings. The lowest BCUT2D eigenvalue weighted by Gasteiger charge is -2.29. The van der Waals surface area contributed by atoms with Gasteiger partial charge in [0.2, 0.25) is 0 Å². The van der Waals surface area contributed by atoms with E-state index in [4.69, 9.17) is 21.2 Å². The topological polar surface area (TPSA) is 77.4 Å². The Balaban J connectivity index is 2.04. The van der Waals surface area contributed by atoms with Gasteiger partial charge in [-0.25, -0.2) is 4.98 Å². The zero-order valence-corrected chi connectivity index (χ0v) is 12.2. The third-order valence-electron chi connectivity index (χ3n) is 4.13. The van der Waals surface area contributed by atoms with Crippen LogP contribution in [0.5, 0.6) is 0 Å². The Labute approximate surface area is 128 Å². The van der Waals surface area contributed by atoms with Crippen molar-refractivity contribution in [3.8, 4) is 0 Å². The molecule has 2 heterocycles. The summed E-state index contributed by atoms with van der Waals surface area (Å²) in [7, 11) is 0. The van der Waals surface area contributed by atoms with Gasteiger partial charge in [0.25, 0.3) is 0 Å². The predicted molar refractivity (Wildman–Crippen MR) is 91.1 cm³/mol. The average Bonchev–Trinajstić information content (AvgIpc) is 2.54. The molecule has 0 saturated carbocycles. The normalized spacial score (nSPS) is 15.5. The standard InChI is InChI=1S/C17H18N4O/c18-11-1-3-13-14-4-2-12(19)10-16(14)20-17(15(13)9-11)21-5-7-22-8-6-21/h1-4,9-10H,5-8,18-19H2. The van der Waals surface area contributed by atoms with Crippen LogP contribution in [-0.4, -0.2) is 31.3 Å². The van der Waals surface area contributed by atoms with Gasteiger partial charge in [-0.2, -0.15) is 0 Å². The fraction of sp³-hybridized carbons (Fsp3) is 0.235. The van der Waals surface area contributed by atoms with Crippen molar-refractivity contribution in [3.05, 3.63) is 36.4 Å². The largest absolute Gasteiger partial charge is 0.399 e. The molecule has 1 aromatic heterocycles. The van der Waals surface area contributed by atoms with Gasteiger partial charge in [-0.3, -0.25) is 0 Å². The summed E-state index contributed by atoms with van der Waals surface area (Å²) in [5, 5.41) is 3.33. The number of nitrogens with zero attached hydrogens (tertiary/aromatic N) is 2. The number of morpholine rings is 1. The Hall–Kier alpha value is -2.53. The van der Waals surface area contributed by atoms with Crippen molar-refractivity contribution in [1.82, 2.24) is 4.98 Å². The summed E-state index contributed by atoms with van der Waals surface area (Å²) in [5.41, 5.74) is 14.3. The monoisotopic (exact) mass is 294 g/mol. The maximum Gasteiger partial charge on any atom is 0.137 e. The summed E-state index contributed by atoms with van der Waals surface area (Å²) in [6, 6.07) is 11.9. The van der Waals surface area contributed by atoms with Gasteiger partial charge >= 0.3 is 0 Å². The number of rotatable bonds is 1. The molecule has 0 spiro atoms. The number of pyridine rings is 1. The average molecular weight is 294 g/mol. The van der Waals surface area contributed by atoms with E-state index in [0.29, 0.717) is 0 Å². The van der Waals surface area contributed by atoms with Gasteiger partial charge in [-0.1, -0.05) is 12.1 Å². The quantitative estimate of drug-likeness (QED) is 0.532. The summed E-state index contributed by atoms with van der Waals surface area (Å²) in [6.07, 6.45) is 0. The molecule has 0 atom stereocenters. The van der Waals surface area contributed by atoms with E-state index in [9.17, 15) is 0 Å². The van der Waals surface area contributed by atoms with Crippen molar-refractivity contribution in [1.29, 1.82) is 0 Å². The van der Waals surface area contributed by atoms with Gasteiger partial charge in [-0.15, -0.1) is 0 Å². The zero-order chi connectivity index (χ0) is 15.1. The molecule has 1 aliphatic rings. The highest BCUT2D eigenvalue weighted by Crippen LogP contribution is 2.33. The van der Waals surface area contributed by atoms with Crippen LogP contribution < -0.4 is 16.4 Å². The third-order valence-corrected chi connectivity index (χ3v) is 4.13. The zero-order valence-electron chi connectivity index (χ0n) is 12.2. The van der Waals surface area contributed by atoms with Gasteiger partial charge in [0, 0.05) is 35.2 Å². The van der Waals surface area contributed by atoms with E-state index >= 15 is 0 Å². The van der Waals surface area contributed by atoms with Crippen LogP contribution in [0.15, 0.2) is 36.4 Å². The van der Waals surface area contributed by atoms with Gasteiger partial charge in [0.15, 0.2) is 0 Å². The second kappa shape index (κ2) is 5.03. The number of fused-ring (bicyclic) bond motifs is 3. The minimum atomic E-state index is 0.723. The van der Waals surface area contributed by atoms with E-state index in [1.807, 2.05) is 30.3 Å². The fourth-order valence-electron chi connectivity index (χ4n) is 3.04. The van der Waals surface area contributed by atoms with Gasteiger partial charge in [0.05, 0.1) is 18.7 Å². The lowest BCUT2D eigenvalue weighted by atomic mass is 10.0. The van der Waals surface area contributed by atoms with Crippen LogP contribution >= 0.6 is 0 Å². The molecule has 1 saturated heterocycles. The van der Waals surface area contributed by atoms with Crippen molar-refractivity contribution >= 4 is 38.9 Å². The number of nitrogens with two attached hydrogens (primary N) is 2. The van der Waals surface area contributed by atoms with Crippen LogP contribution in [0.25, 0.3) is 21.7 Å². The summed E-state index contributed by atoms with van der Waals surface area (Å²) >= 11 is 0. The molecule has 0 radical (unpaired) electrons. The van der Waals surface area contributed by atoms with Gasteiger partial charge in [-0.05, 0) is 29.7 Å². The van der Waals surface area contributed by atoms with Crippen LogP contribution in [0.2, 0.25) is 0 Å². The molecule has 112 valence electrons. The Morgan fingerprint density at radius 3 is 2.32 bits per heavy atom. The number of ether oxygens (including phenoxy) is 1. The van der Waals surface area contributed by atoms with Crippen molar-refractivity contribution in [3.63, 3.8) is 0 Å². The summed E-state index contributed by atoms with van der Waals surface area (Å²) in [6.45, 7) is 3.12. The fourth-order valence-corrected chi connectivity index (χ4v) is 3.04. The molecule has 2 aromatic carbocycles. The molecule has 22 heavy (non-hydrogen) atoms. The summed E-state index contributed by atoms with van der Waals surface area (Å²) in [5.74, 6) is 0.962. The Morgan fingerprint density at radius 2 is 1.55 bits per heavy atom. The maximum absolute atomic E-state index is 6.00. The van der Waals surface area contributed by atoms with E-state index in [-0.39, 0.29) is 0 Å².